The Labute approximate surface area is 163 Å². The van der Waals surface area contributed by atoms with Gasteiger partial charge in [-0.1, -0.05) is 34.6 Å². The molecule has 1 aliphatic heterocycles. The van der Waals surface area contributed by atoms with Crippen LogP contribution in [0, 0.1) is 6.07 Å². The smallest absolute Gasteiger partial charge is 0.180 e. The van der Waals surface area contributed by atoms with Gasteiger partial charge in [-0.2, -0.15) is 0 Å². The maximum Gasteiger partial charge on any atom is 0.180 e. The summed E-state index contributed by atoms with van der Waals surface area (Å²) in [5.74, 6) is 0.924. The number of aryl methyl sites for hydroxylation is 1. The van der Waals surface area contributed by atoms with Crippen molar-refractivity contribution >= 4 is 27.8 Å². The molecule has 0 unspecified atom stereocenters. The van der Waals surface area contributed by atoms with E-state index in [9.17, 15) is 0 Å². The maximum absolute atomic E-state index is 5.42. The van der Waals surface area contributed by atoms with Crippen molar-refractivity contribution in [3.05, 3.63) is 48.5 Å². The topological polar surface area (TPSA) is 63.2 Å². The molecule has 0 aliphatic carbocycles. The summed E-state index contributed by atoms with van der Waals surface area (Å²) in [5.41, 5.74) is 2.89. The summed E-state index contributed by atoms with van der Waals surface area (Å²) in [5, 5.41) is 13.7. The monoisotopic (exact) mass is 375 g/mol. The molecule has 143 valence electrons. The molecule has 5 rings (SSSR count). The second-order valence-corrected chi connectivity index (χ2v) is 7.25. The Hall–Kier alpha value is -2.93. The fraction of sp³-hybridized carbons (Fsp3) is 0.381. The van der Waals surface area contributed by atoms with Gasteiger partial charge in [0.05, 0.1) is 10.9 Å². The minimum atomic E-state index is 0.806. The van der Waals surface area contributed by atoms with E-state index < -0.39 is 0 Å². The van der Waals surface area contributed by atoms with E-state index in [1.807, 2.05) is 41.1 Å². The van der Waals surface area contributed by atoms with Crippen molar-refractivity contribution in [2.24, 2.45) is 0 Å². The summed E-state index contributed by atoms with van der Waals surface area (Å²) < 4.78 is 7.44. The van der Waals surface area contributed by atoms with E-state index in [1.165, 1.54) is 0 Å². The largest absolute Gasteiger partial charge is 0.354 e. The highest BCUT2D eigenvalue weighted by Crippen LogP contribution is 2.26. The molecule has 0 bridgehead atoms. The van der Waals surface area contributed by atoms with E-state index in [2.05, 4.69) is 37.4 Å². The quantitative estimate of drug-likeness (QED) is 0.483. The molecule has 0 N–H and O–H groups in total. The highest BCUT2D eigenvalue weighted by Gasteiger charge is 2.21. The number of piperazine rings is 1. The van der Waals surface area contributed by atoms with Crippen LogP contribution < -0.4 is 4.90 Å². The first kappa shape index (κ1) is 17.2. The van der Waals surface area contributed by atoms with Crippen LogP contribution in [-0.4, -0.2) is 57.8 Å². The van der Waals surface area contributed by atoms with Crippen LogP contribution in [0.1, 0.15) is 12.8 Å². The Morgan fingerprint density at radius 1 is 0.964 bits per heavy atom. The van der Waals surface area contributed by atoms with E-state index in [0.717, 1.165) is 79.9 Å². The van der Waals surface area contributed by atoms with Crippen LogP contribution in [0.5, 0.6) is 0 Å². The Balaban J connectivity index is 1.10. The maximum atomic E-state index is 5.42. The lowest BCUT2D eigenvalue weighted by atomic mass is 10.2. The van der Waals surface area contributed by atoms with Gasteiger partial charge in [0, 0.05) is 32.7 Å². The average Bonchev–Trinajstić information content (AvgIpc) is 3.36. The molecule has 28 heavy (non-hydrogen) atoms. The fourth-order valence-electron chi connectivity index (χ4n) is 3.89. The number of unbranched alkanes of at least 4 members (excludes halogenated alkanes) is 1. The Kier molecular flexibility index (Phi) is 4.66. The molecule has 1 fully saturated rings. The Morgan fingerprint density at radius 2 is 1.82 bits per heavy atom. The molecule has 4 aromatic rings. The number of hydrogen-bond donors (Lipinski definition) is 0. The van der Waals surface area contributed by atoms with Gasteiger partial charge in [0.2, 0.25) is 0 Å². The Bertz CT molecular complexity index is 1060. The SMILES string of the molecule is [c]1cccc2onc(N3CCN(CCCCn4nnc5ccccc54)CC3)c12. The summed E-state index contributed by atoms with van der Waals surface area (Å²) in [4.78, 5) is 4.84. The first-order chi connectivity index (χ1) is 13.9. The minimum absolute atomic E-state index is 0.806. The van der Waals surface area contributed by atoms with Crippen molar-refractivity contribution in [1.82, 2.24) is 25.1 Å². The van der Waals surface area contributed by atoms with Gasteiger partial charge in [-0.05, 0) is 43.7 Å². The molecular formula is C21H23N6O. The zero-order chi connectivity index (χ0) is 18.8. The molecule has 1 saturated heterocycles. The number of hydrogen-bond acceptors (Lipinski definition) is 6. The normalized spacial score (nSPS) is 15.6. The summed E-state index contributed by atoms with van der Waals surface area (Å²) in [6.07, 6.45) is 2.27. The van der Waals surface area contributed by atoms with Crippen LogP contribution in [0.3, 0.4) is 0 Å². The zero-order valence-corrected chi connectivity index (χ0v) is 15.8. The molecule has 1 aliphatic rings. The van der Waals surface area contributed by atoms with Crippen molar-refractivity contribution in [3.63, 3.8) is 0 Å². The standard InChI is InChI=1S/C21H23N6O/c1-4-10-20-17(7-1)21(23-28-20)26-15-13-25(14-16-26)11-5-6-12-27-19-9-3-2-8-18(19)22-24-27/h1-4,8-10H,5-6,11-16H2. The molecule has 0 amide bonds. The van der Waals surface area contributed by atoms with Gasteiger partial charge in [0.15, 0.2) is 11.4 Å². The molecule has 1 radical (unpaired) electrons. The number of nitrogens with zero attached hydrogens (tertiary/aromatic N) is 6. The van der Waals surface area contributed by atoms with Crippen molar-refractivity contribution in [2.45, 2.75) is 19.4 Å². The van der Waals surface area contributed by atoms with E-state index in [1.54, 1.807) is 0 Å². The number of benzene rings is 2. The first-order valence-corrected chi connectivity index (χ1v) is 9.90. The van der Waals surface area contributed by atoms with E-state index in [-0.39, 0.29) is 0 Å². The highest BCUT2D eigenvalue weighted by atomic mass is 16.5. The second kappa shape index (κ2) is 7.59. The van der Waals surface area contributed by atoms with Crippen LogP contribution in [0.4, 0.5) is 5.82 Å². The predicted octanol–water partition coefficient (Wildman–Crippen LogP) is 2.98. The molecular weight excluding hydrogens is 352 g/mol. The predicted molar refractivity (Wildman–Crippen MR) is 108 cm³/mol. The summed E-state index contributed by atoms with van der Waals surface area (Å²) >= 11 is 0. The number of fused-ring (bicyclic) bond motifs is 2. The van der Waals surface area contributed by atoms with E-state index >= 15 is 0 Å². The van der Waals surface area contributed by atoms with Gasteiger partial charge in [0.1, 0.15) is 5.52 Å². The minimum Gasteiger partial charge on any atom is -0.354 e. The first-order valence-electron chi connectivity index (χ1n) is 9.90. The fourth-order valence-corrected chi connectivity index (χ4v) is 3.89. The molecule has 2 aromatic heterocycles. The van der Waals surface area contributed by atoms with E-state index in [0.29, 0.717) is 0 Å². The van der Waals surface area contributed by atoms with Crippen LogP contribution in [0.2, 0.25) is 0 Å². The third-order valence-electron chi connectivity index (χ3n) is 5.46. The summed E-state index contributed by atoms with van der Waals surface area (Å²) in [6, 6.07) is 17.2. The molecule has 3 heterocycles. The number of anilines is 1. The number of para-hydroxylation sites is 1. The van der Waals surface area contributed by atoms with Crippen molar-refractivity contribution in [2.75, 3.05) is 37.6 Å². The molecule has 7 heteroatoms. The third kappa shape index (κ3) is 3.33. The molecule has 7 nitrogen and oxygen atoms in total. The number of aromatic nitrogens is 4. The lowest BCUT2D eigenvalue weighted by Crippen LogP contribution is -2.46. The highest BCUT2D eigenvalue weighted by molar-refractivity contribution is 5.87. The lowest BCUT2D eigenvalue weighted by Gasteiger charge is -2.34. The van der Waals surface area contributed by atoms with Crippen LogP contribution in [-0.2, 0) is 6.54 Å². The summed E-state index contributed by atoms with van der Waals surface area (Å²) in [6.45, 7) is 6.07. The van der Waals surface area contributed by atoms with Crippen molar-refractivity contribution in [3.8, 4) is 0 Å². The molecule has 0 atom stereocenters. The third-order valence-corrected chi connectivity index (χ3v) is 5.46. The average molecular weight is 375 g/mol. The van der Waals surface area contributed by atoms with Gasteiger partial charge in [-0.3, -0.25) is 4.90 Å². The van der Waals surface area contributed by atoms with Gasteiger partial charge in [-0.15, -0.1) is 5.10 Å². The summed E-state index contributed by atoms with van der Waals surface area (Å²) in [7, 11) is 0. The molecule has 0 spiro atoms. The second-order valence-electron chi connectivity index (χ2n) is 7.25. The van der Waals surface area contributed by atoms with Crippen LogP contribution >= 0.6 is 0 Å². The van der Waals surface area contributed by atoms with Crippen LogP contribution in [0.15, 0.2) is 47.0 Å². The Morgan fingerprint density at radius 3 is 2.75 bits per heavy atom. The van der Waals surface area contributed by atoms with Gasteiger partial charge >= 0.3 is 0 Å². The van der Waals surface area contributed by atoms with Gasteiger partial charge < -0.3 is 9.42 Å². The molecule has 0 saturated carbocycles. The van der Waals surface area contributed by atoms with Gasteiger partial charge in [-0.25, -0.2) is 4.68 Å². The lowest BCUT2D eigenvalue weighted by molar-refractivity contribution is 0.249. The zero-order valence-electron chi connectivity index (χ0n) is 15.8. The van der Waals surface area contributed by atoms with Crippen molar-refractivity contribution < 1.29 is 4.52 Å². The number of rotatable bonds is 6. The van der Waals surface area contributed by atoms with Gasteiger partial charge in [0.25, 0.3) is 0 Å². The van der Waals surface area contributed by atoms with E-state index in [4.69, 9.17) is 4.52 Å². The molecule has 2 aromatic carbocycles. The van der Waals surface area contributed by atoms with Crippen molar-refractivity contribution in [1.29, 1.82) is 0 Å². The van der Waals surface area contributed by atoms with Crippen LogP contribution in [0.25, 0.3) is 22.0 Å².